The fourth-order valence-corrected chi connectivity index (χ4v) is 0.333. The lowest BCUT2D eigenvalue weighted by atomic mass is 10.4. The fraction of sp³-hybridized carbons (Fsp3) is 0.200. The zero-order valence-electron chi connectivity index (χ0n) is 3.64. The van der Waals surface area contributed by atoms with Crippen LogP contribution in [0.15, 0.2) is 23.0 Å². The first-order chi connectivity index (χ1) is 2.89. The smallest absolute Gasteiger partial charge is 0.0931 e. The van der Waals surface area contributed by atoms with Crippen molar-refractivity contribution in [1.29, 1.82) is 0 Å². The van der Waals surface area contributed by atoms with E-state index in [1.165, 1.54) is 5.56 Å². The summed E-state index contributed by atoms with van der Waals surface area (Å²) in [7, 11) is 0. The second kappa shape index (κ2) is 1.17. The molecule has 32 valence electrons. The highest BCUT2D eigenvalue weighted by atomic mass is 16.3. The second-order valence-electron chi connectivity index (χ2n) is 1.30. The van der Waals surface area contributed by atoms with Crippen LogP contribution in [0.25, 0.3) is 0 Å². The summed E-state index contributed by atoms with van der Waals surface area (Å²) >= 11 is 0. The van der Waals surface area contributed by atoms with Crippen LogP contribution in [0.4, 0.5) is 0 Å². The molecule has 0 amide bonds. The molecule has 0 aromatic carbocycles. The Labute approximate surface area is 36.6 Å². The SMILES string of the molecule is Cc1ccoc1. The van der Waals surface area contributed by atoms with Crippen molar-refractivity contribution in [2.45, 2.75) is 6.92 Å². The number of hydrogen-bond acceptors (Lipinski definition) is 1. The standard InChI is InChI=1S/C5H6O/c1-5-2-3-6-4-5/h2-4H,1H3. The van der Waals surface area contributed by atoms with Gasteiger partial charge < -0.3 is 4.42 Å². The third-order valence-electron chi connectivity index (χ3n) is 0.663. The normalized spacial score (nSPS) is 8.83. The van der Waals surface area contributed by atoms with E-state index in [0.29, 0.717) is 0 Å². The van der Waals surface area contributed by atoms with Crippen molar-refractivity contribution in [2.24, 2.45) is 0 Å². The molecule has 0 N–H and O–H groups in total. The lowest BCUT2D eigenvalue weighted by Gasteiger charge is -1.63. The molecule has 1 aromatic heterocycles. The van der Waals surface area contributed by atoms with E-state index in [4.69, 9.17) is 4.42 Å². The molecular formula is C5H6O. The molecule has 0 aliphatic heterocycles. The van der Waals surface area contributed by atoms with E-state index in [1.807, 2.05) is 13.0 Å². The quantitative estimate of drug-likeness (QED) is 0.463. The van der Waals surface area contributed by atoms with Gasteiger partial charge >= 0.3 is 0 Å². The molecular weight excluding hydrogens is 76.1 g/mol. The Morgan fingerprint density at radius 1 is 1.67 bits per heavy atom. The molecule has 1 aromatic rings. The Hall–Kier alpha value is -0.720. The average molecular weight is 82.1 g/mol. The molecule has 0 radical (unpaired) electrons. The lowest BCUT2D eigenvalue weighted by Crippen LogP contribution is -1.48. The predicted octanol–water partition coefficient (Wildman–Crippen LogP) is 1.59. The Balaban J connectivity index is 3.05. The number of aryl methyl sites for hydroxylation is 1. The van der Waals surface area contributed by atoms with Crippen LogP contribution in [0, 0.1) is 6.92 Å². The van der Waals surface area contributed by atoms with Gasteiger partial charge in [-0.25, -0.2) is 0 Å². The van der Waals surface area contributed by atoms with Crippen molar-refractivity contribution < 1.29 is 4.42 Å². The molecule has 0 aliphatic carbocycles. The highest BCUT2D eigenvalue weighted by Gasteiger charge is 1.75. The van der Waals surface area contributed by atoms with Crippen LogP contribution in [0.5, 0.6) is 0 Å². The van der Waals surface area contributed by atoms with Crippen LogP contribution in [0.2, 0.25) is 0 Å². The van der Waals surface area contributed by atoms with Crippen molar-refractivity contribution in [3.05, 3.63) is 24.2 Å². The lowest BCUT2D eigenvalue weighted by molar-refractivity contribution is 0.565. The zero-order valence-corrected chi connectivity index (χ0v) is 3.64. The van der Waals surface area contributed by atoms with Gasteiger partial charge in [0.15, 0.2) is 0 Å². The highest BCUT2D eigenvalue weighted by molar-refractivity contribution is 5.00. The van der Waals surface area contributed by atoms with E-state index >= 15 is 0 Å². The third-order valence-corrected chi connectivity index (χ3v) is 0.663. The van der Waals surface area contributed by atoms with E-state index in [1.54, 1.807) is 12.5 Å². The molecule has 0 saturated heterocycles. The van der Waals surface area contributed by atoms with Gasteiger partial charge in [-0.15, -0.1) is 0 Å². The minimum Gasteiger partial charge on any atom is -0.472 e. The van der Waals surface area contributed by atoms with Gasteiger partial charge in [-0.2, -0.15) is 0 Å². The maximum Gasteiger partial charge on any atom is 0.0931 e. The summed E-state index contributed by atoms with van der Waals surface area (Å²) in [4.78, 5) is 0. The van der Waals surface area contributed by atoms with Crippen LogP contribution in [0.3, 0.4) is 0 Å². The van der Waals surface area contributed by atoms with E-state index in [2.05, 4.69) is 0 Å². The van der Waals surface area contributed by atoms with Crippen molar-refractivity contribution in [3.63, 3.8) is 0 Å². The summed E-state index contributed by atoms with van der Waals surface area (Å²) in [5, 5.41) is 0. The molecule has 0 unspecified atom stereocenters. The van der Waals surface area contributed by atoms with Gasteiger partial charge in [0.05, 0.1) is 12.5 Å². The molecule has 1 heteroatoms. The molecule has 1 rings (SSSR count). The first-order valence-corrected chi connectivity index (χ1v) is 1.88. The summed E-state index contributed by atoms with van der Waals surface area (Å²) in [6.45, 7) is 1.99. The van der Waals surface area contributed by atoms with Gasteiger partial charge in [0.25, 0.3) is 0 Å². The van der Waals surface area contributed by atoms with Gasteiger partial charge in [0.1, 0.15) is 0 Å². The Kier molecular flexibility index (Phi) is 0.675. The summed E-state index contributed by atoms with van der Waals surface area (Å²) < 4.78 is 4.71. The van der Waals surface area contributed by atoms with Crippen molar-refractivity contribution in [1.82, 2.24) is 0 Å². The first kappa shape index (κ1) is 3.47. The second-order valence-corrected chi connectivity index (χ2v) is 1.30. The largest absolute Gasteiger partial charge is 0.472 e. The van der Waals surface area contributed by atoms with Gasteiger partial charge in [0, 0.05) is 0 Å². The van der Waals surface area contributed by atoms with Crippen LogP contribution in [-0.4, -0.2) is 0 Å². The summed E-state index contributed by atoms with van der Waals surface area (Å²) in [5.74, 6) is 0. The number of hydrogen-bond donors (Lipinski definition) is 0. The Morgan fingerprint density at radius 2 is 2.50 bits per heavy atom. The molecule has 0 bridgehead atoms. The maximum atomic E-state index is 4.71. The Morgan fingerprint density at radius 3 is 2.67 bits per heavy atom. The molecule has 0 saturated carbocycles. The average Bonchev–Trinajstić information content (AvgIpc) is 1.86. The van der Waals surface area contributed by atoms with Crippen LogP contribution in [-0.2, 0) is 0 Å². The molecule has 0 aliphatic rings. The van der Waals surface area contributed by atoms with Gasteiger partial charge in [0.2, 0.25) is 0 Å². The molecule has 1 nitrogen and oxygen atoms in total. The Bertz CT molecular complexity index is 107. The zero-order chi connectivity index (χ0) is 4.41. The molecule has 1 heterocycles. The van der Waals surface area contributed by atoms with Crippen LogP contribution in [0.1, 0.15) is 5.56 Å². The predicted molar refractivity (Wildman–Crippen MR) is 23.4 cm³/mol. The van der Waals surface area contributed by atoms with Crippen LogP contribution < -0.4 is 0 Å². The molecule has 0 fully saturated rings. The van der Waals surface area contributed by atoms with E-state index in [0.717, 1.165) is 0 Å². The van der Waals surface area contributed by atoms with E-state index in [-0.39, 0.29) is 0 Å². The van der Waals surface area contributed by atoms with Gasteiger partial charge in [-0.05, 0) is 18.6 Å². The highest BCUT2D eigenvalue weighted by Crippen LogP contribution is 1.93. The first-order valence-electron chi connectivity index (χ1n) is 1.88. The minimum atomic E-state index is 1.18. The summed E-state index contributed by atoms with van der Waals surface area (Å²) in [6, 6.07) is 1.92. The number of furan rings is 1. The monoisotopic (exact) mass is 82.0 g/mol. The fourth-order valence-electron chi connectivity index (χ4n) is 0.333. The molecule has 6 heavy (non-hydrogen) atoms. The topological polar surface area (TPSA) is 13.1 Å². The van der Waals surface area contributed by atoms with E-state index in [9.17, 15) is 0 Å². The van der Waals surface area contributed by atoms with Crippen molar-refractivity contribution in [2.75, 3.05) is 0 Å². The maximum absolute atomic E-state index is 4.71. The summed E-state index contributed by atoms with van der Waals surface area (Å²) in [5.41, 5.74) is 1.18. The minimum absolute atomic E-state index is 1.18. The van der Waals surface area contributed by atoms with Crippen LogP contribution >= 0.6 is 0 Å². The van der Waals surface area contributed by atoms with Crippen molar-refractivity contribution >= 4 is 0 Å². The van der Waals surface area contributed by atoms with E-state index < -0.39 is 0 Å². The van der Waals surface area contributed by atoms with Gasteiger partial charge in [-0.3, -0.25) is 0 Å². The molecule has 0 atom stereocenters. The van der Waals surface area contributed by atoms with Crippen molar-refractivity contribution in [3.8, 4) is 0 Å². The van der Waals surface area contributed by atoms with Gasteiger partial charge in [-0.1, -0.05) is 0 Å². The molecule has 0 spiro atoms. The third kappa shape index (κ3) is 0.432. The number of rotatable bonds is 0. The summed E-state index contributed by atoms with van der Waals surface area (Å²) in [6.07, 6.45) is 3.37.